The van der Waals surface area contributed by atoms with Gasteiger partial charge in [0, 0.05) is 10.3 Å². The van der Waals surface area contributed by atoms with E-state index in [2.05, 4.69) is 0 Å². The van der Waals surface area contributed by atoms with Crippen molar-refractivity contribution in [3.63, 3.8) is 0 Å². The predicted octanol–water partition coefficient (Wildman–Crippen LogP) is 4.03. The fraction of sp³-hybridized carbons (Fsp3) is 0.0714. The summed E-state index contributed by atoms with van der Waals surface area (Å²) in [6, 6.07) is 9.59. The van der Waals surface area contributed by atoms with Crippen molar-refractivity contribution in [1.29, 1.82) is 0 Å². The maximum Gasteiger partial charge on any atom is 0.229 e. The number of hydrogen-bond acceptors (Lipinski definition) is 3. The van der Waals surface area contributed by atoms with Gasteiger partial charge in [-0.1, -0.05) is 12.1 Å². The SMILES string of the molecule is Cc1ccoc1C(=O)c1cccc2ccsc12. The lowest BCUT2D eigenvalue weighted by Crippen LogP contribution is -2.01. The Bertz CT molecular complexity index is 691. The summed E-state index contributed by atoms with van der Waals surface area (Å²) in [6.07, 6.45) is 1.55. The zero-order chi connectivity index (χ0) is 11.8. The molecule has 2 aromatic heterocycles. The molecule has 3 aromatic rings. The number of aryl methyl sites for hydroxylation is 1. The number of rotatable bonds is 2. The van der Waals surface area contributed by atoms with Crippen LogP contribution in [-0.2, 0) is 0 Å². The Morgan fingerprint density at radius 2 is 2.12 bits per heavy atom. The minimum absolute atomic E-state index is 0.0412. The first-order chi connectivity index (χ1) is 8.27. The molecule has 0 fully saturated rings. The molecule has 2 heterocycles. The van der Waals surface area contributed by atoms with E-state index in [4.69, 9.17) is 4.42 Å². The third-order valence-corrected chi connectivity index (χ3v) is 3.76. The van der Waals surface area contributed by atoms with Gasteiger partial charge in [-0.2, -0.15) is 0 Å². The molecule has 0 aliphatic carbocycles. The Kier molecular flexibility index (Phi) is 2.34. The van der Waals surface area contributed by atoms with Gasteiger partial charge in [0.2, 0.25) is 5.78 Å². The summed E-state index contributed by atoms with van der Waals surface area (Å²) in [6.45, 7) is 1.88. The standard InChI is InChI=1S/C14H10O2S/c1-9-5-7-16-13(9)12(15)11-4-2-3-10-6-8-17-14(10)11/h2-8H,1H3. The van der Waals surface area contributed by atoms with Crippen LogP contribution in [0.25, 0.3) is 10.1 Å². The van der Waals surface area contributed by atoms with E-state index in [9.17, 15) is 4.79 Å². The molecule has 0 amide bonds. The van der Waals surface area contributed by atoms with Gasteiger partial charge in [-0.15, -0.1) is 11.3 Å². The van der Waals surface area contributed by atoms with Crippen LogP contribution in [0.4, 0.5) is 0 Å². The highest BCUT2D eigenvalue weighted by molar-refractivity contribution is 7.17. The van der Waals surface area contributed by atoms with Crippen LogP contribution in [0.5, 0.6) is 0 Å². The second-order valence-electron chi connectivity index (χ2n) is 3.91. The van der Waals surface area contributed by atoms with Gasteiger partial charge in [0.05, 0.1) is 6.26 Å². The Morgan fingerprint density at radius 1 is 1.24 bits per heavy atom. The molecule has 0 radical (unpaired) electrons. The summed E-state index contributed by atoms with van der Waals surface area (Å²) < 4.78 is 6.28. The molecular formula is C14H10O2S. The molecule has 0 bridgehead atoms. The molecule has 0 aliphatic heterocycles. The van der Waals surface area contributed by atoms with Gasteiger partial charge in [-0.25, -0.2) is 0 Å². The van der Waals surface area contributed by atoms with Crippen molar-refractivity contribution >= 4 is 27.2 Å². The number of thiophene rings is 1. The largest absolute Gasteiger partial charge is 0.461 e. The van der Waals surface area contributed by atoms with Crippen LogP contribution in [0, 0.1) is 6.92 Å². The molecule has 1 aromatic carbocycles. The predicted molar refractivity (Wildman–Crippen MR) is 68.7 cm³/mol. The zero-order valence-electron chi connectivity index (χ0n) is 9.27. The first-order valence-electron chi connectivity index (χ1n) is 5.32. The fourth-order valence-corrected chi connectivity index (χ4v) is 2.81. The highest BCUT2D eigenvalue weighted by atomic mass is 32.1. The van der Waals surface area contributed by atoms with E-state index in [1.165, 1.54) is 0 Å². The maximum atomic E-state index is 12.4. The maximum absolute atomic E-state index is 12.4. The summed E-state index contributed by atoms with van der Waals surface area (Å²) in [4.78, 5) is 12.4. The minimum atomic E-state index is -0.0412. The fourth-order valence-electron chi connectivity index (χ4n) is 1.90. The smallest absolute Gasteiger partial charge is 0.229 e. The van der Waals surface area contributed by atoms with E-state index in [0.717, 1.165) is 21.2 Å². The Hall–Kier alpha value is -1.87. The second kappa shape index (κ2) is 3.86. The van der Waals surface area contributed by atoms with E-state index in [-0.39, 0.29) is 5.78 Å². The summed E-state index contributed by atoms with van der Waals surface area (Å²) in [5.41, 5.74) is 1.60. The lowest BCUT2D eigenvalue weighted by molar-refractivity contribution is 0.101. The van der Waals surface area contributed by atoms with Crippen LogP contribution in [0.3, 0.4) is 0 Å². The summed E-state index contributed by atoms with van der Waals surface area (Å²) in [5, 5.41) is 3.10. The van der Waals surface area contributed by atoms with E-state index in [1.54, 1.807) is 17.6 Å². The second-order valence-corrected chi connectivity index (χ2v) is 4.82. The molecule has 17 heavy (non-hydrogen) atoms. The number of fused-ring (bicyclic) bond motifs is 1. The molecule has 2 nitrogen and oxygen atoms in total. The number of furan rings is 1. The minimum Gasteiger partial charge on any atom is -0.461 e. The molecule has 0 N–H and O–H groups in total. The van der Waals surface area contributed by atoms with Gasteiger partial charge < -0.3 is 4.42 Å². The van der Waals surface area contributed by atoms with Gasteiger partial charge in [-0.3, -0.25) is 4.79 Å². The van der Waals surface area contributed by atoms with Crippen LogP contribution >= 0.6 is 11.3 Å². The normalized spacial score (nSPS) is 10.9. The summed E-state index contributed by atoms with van der Waals surface area (Å²) in [5.74, 6) is 0.395. The van der Waals surface area contributed by atoms with Gasteiger partial charge >= 0.3 is 0 Å². The van der Waals surface area contributed by atoms with Gasteiger partial charge in [-0.05, 0) is 41.5 Å². The van der Waals surface area contributed by atoms with Gasteiger partial charge in [0.1, 0.15) is 0 Å². The number of hydrogen-bond donors (Lipinski definition) is 0. The van der Waals surface area contributed by atoms with Crippen molar-refractivity contribution < 1.29 is 9.21 Å². The van der Waals surface area contributed by atoms with Crippen LogP contribution in [0.15, 0.2) is 46.4 Å². The Balaban J connectivity index is 2.19. The van der Waals surface area contributed by atoms with E-state index >= 15 is 0 Å². The molecule has 0 spiro atoms. The lowest BCUT2D eigenvalue weighted by atomic mass is 10.1. The molecule has 0 atom stereocenters. The third kappa shape index (κ3) is 1.59. The third-order valence-electron chi connectivity index (χ3n) is 2.79. The first kappa shape index (κ1) is 10.3. The van der Waals surface area contributed by atoms with Crippen molar-refractivity contribution in [2.75, 3.05) is 0 Å². The molecule has 0 unspecified atom stereocenters. The topological polar surface area (TPSA) is 30.2 Å². The highest BCUT2D eigenvalue weighted by Gasteiger charge is 2.17. The molecule has 84 valence electrons. The molecule has 3 heteroatoms. The Morgan fingerprint density at radius 3 is 2.88 bits per heavy atom. The van der Waals surface area contributed by atoms with Gasteiger partial charge in [0.15, 0.2) is 5.76 Å². The summed E-state index contributed by atoms with van der Waals surface area (Å²) in [7, 11) is 0. The average Bonchev–Trinajstić information content (AvgIpc) is 2.95. The summed E-state index contributed by atoms with van der Waals surface area (Å²) >= 11 is 1.58. The lowest BCUT2D eigenvalue weighted by Gasteiger charge is -2.00. The van der Waals surface area contributed by atoms with Crippen molar-refractivity contribution in [3.05, 3.63) is 58.9 Å². The zero-order valence-corrected chi connectivity index (χ0v) is 10.1. The number of carbonyl (C=O) groups is 1. The Labute approximate surface area is 102 Å². The molecule has 3 rings (SSSR count). The van der Waals surface area contributed by atoms with E-state index < -0.39 is 0 Å². The van der Waals surface area contributed by atoms with Crippen molar-refractivity contribution in [2.24, 2.45) is 0 Å². The number of carbonyl (C=O) groups excluding carboxylic acids is 1. The number of benzene rings is 1. The van der Waals surface area contributed by atoms with Crippen molar-refractivity contribution in [2.45, 2.75) is 6.92 Å². The van der Waals surface area contributed by atoms with Crippen molar-refractivity contribution in [1.82, 2.24) is 0 Å². The highest BCUT2D eigenvalue weighted by Crippen LogP contribution is 2.27. The van der Waals surface area contributed by atoms with Crippen LogP contribution in [-0.4, -0.2) is 5.78 Å². The van der Waals surface area contributed by atoms with E-state index in [0.29, 0.717) is 5.76 Å². The first-order valence-corrected chi connectivity index (χ1v) is 6.20. The van der Waals surface area contributed by atoms with Crippen LogP contribution in [0.1, 0.15) is 21.7 Å². The average molecular weight is 242 g/mol. The molecule has 0 saturated carbocycles. The van der Waals surface area contributed by atoms with Crippen LogP contribution < -0.4 is 0 Å². The monoisotopic (exact) mass is 242 g/mol. The molecular weight excluding hydrogens is 232 g/mol. The van der Waals surface area contributed by atoms with Crippen molar-refractivity contribution in [3.8, 4) is 0 Å². The van der Waals surface area contributed by atoms with Crippen LogP contribution in [0.2, 0.25) is 0 Å². The quantitative estimate of drug-likeness (QED) is 0.635. The molecule has 0 aliphatic rings. The number of ketones is 1. The van der Waals surface area contributed by atoms with E-state index in [1.807, 2.05) is 42.6 Å². The molecule has 0 saturated heterocycles. The van der Waals surface area contributed by atoms with Gasteiger partial charge in [0.25, 0.3) is 0 Å².